The molecular weight excluding hydrogens is 170 g/mol. The molecule has 14 heavy (non-hydrogen) atoms. The third kappa shape index (κ3) is 5.23. The molecule has 1 N–H and O–H groups in total. The van der Waals surface area contributed by atoms with Gasteiger partial charge in [-0.2, -0.15) is 0 Å². The van der Waals surface area contributed by atoms with E-state index in [1.165, 1.54) is 32.1 Å². The Morgan fingerprint density at radius 3 is 2.79 bits per heavy atom. The van der Waals surface area contributed by atoms with Crippen LogP contribution in [0.15, 0.2) is 24.3 Å². The Bertz CT molecular complexity index is 201. The van der Waals surface area contributed by atoms with Crippen LogP contribution in [-0.4, -0.2) is 12.1 Å². The normalized spacial score (nSPS) is 18.7. The van der Waals surface area contributed by atoms with Crippen LogP contribution in [0.1, 0.15) is 46.0 Å². The number of rotatable bonds is 7. The first-order valence-electron chi connectivity index (χ1n) is 5.82. The third-order valence-corrected chi connectivity index (χ3v) is 2.51. The van der Waals surface area contributed by atoms with Gasteiger partial charge in [0.15, 0.2) is 0 Å². The summed E-state index contributed by atoms with van der Waals surface area (Å²) in [6.45, 7) is 8.18. The second-order valence-electron chi connectivity index (χ2n) is 4.40. The maximum atomic E-state index is 3.89. The summed E-state index contributed by atoms with van der Waals surface area (Å²) in [6.07, 6.45) is 11.0. The number of hydrogen-bond donors (Lipinski definition) is 1. The zero-order valence-electron chi connectivity index (χ0n) is 9.55. The van der Waals surface area contributed by atoms with E-state index >= 15 is 0 Å². The van der Waals surface area contributed by atoms with Crippen molar-refractivity contribution >= 4 is 0 Å². The highest BCUT2D eigenvalue weighted by Crippen LogP contribution is 2.20. The number of nitrogens with one attached hydrogen (secondary N) is 1. The lowest BCUT2D eigenvalue weighted by Crippen LogP contribution is -2.29. The van der Waals surface area contributed by atoms with Crippen molar-refractivity contribution in [3.8, 4) is 0 Å². The van der Waals surface area contributed by atoms with Crippen LogP contribution in [-0.2, 0) is 0 Å². The van der Waals surface area contributed by atoms with Crippen molar-refractivity contribution in [3.63, 3.8) is 0 Å². The lowest BCUT2D eigenvalue weighted by Gasteiger charge is -2.13. The predicted octanol–water partition coefficient (Wildman–Crippen LogP) is 3.43. The largest absolute Gasteiger partial charge is 0.308 e. The van der Waals surface area contributed by atoms with Gasteiger partial charge in [0, 0.05) is 12.1 Å². The van der Waals surface area contributed by atoms with Gasteiger partial charge in [-0.25, -0.2) is 0 Å². The molecule has 1 atom stereocenters. The van der Waals surface area contributed by atoms with Crippen LogP contribution >= 0.6 is 0 Å². The molecule has 0 aromatic carbocycles. The molecule has 0 aromatic rings. The van der Waals surface area contributed by atoms with Crippen LogP contribution in [0.3, 0.4) is 0 Å². The summed E-state index contributed by atoms with van der Waals surface area (Å²) in [5, 5.41) is 3.65. The van der Waals surface area contributed by atoms with E-state index in [4.69, 9.17) is 0 Å². The van der Waals surface area contributed by atoms with Crippen LogP contribution in [0.25, 0.3) is 0 Å². The standard InChI is InChI=1S/C13H23N/c1-4-5-6-12(8-7-11(2)3)14-13-9-10-13/h7-8,12-14H,2,4-6,9-10H2,1,3H3/b8-7+. The molecule has 1 saturated carbocycles. The molecule has 0 bridgehead atoms. The smallest absolute Gasteiger partial charge is 0.0255 e. The molecule has 1 fully saturated rings. The molecule has 1 aliphatic carbocycles. The van der Waals surface area contributed by atoms with E-state index in [1.54, 1.807) is 0 Å². The molecule has 0 amide bonds. The third-order valence-electron chi connectivity index (χ3n) is 2.51. The van der Waals surface area contributed by atoms with E-state index in [9.17, 15) is 0 Å². The Labute approximate surface area is 88.3 Å². The molecule has 0 aliphatic heterocycles. The predicted molar refractivity (Wildman–Crippen MR) is 63.4 cm³/mol. The van der Waals surface area contributed by atoms with Gasteiger partial charge in [0.25, 0.3) is 0 Å². The van der Waals surface area contributed by atoms with Crippen molar-refractivity contribution in [3.05, 3.63) is 24.3 Å². The zero-order chi connectivity index (χ0) is 10.4. The molecule has 0 aromatic heterocycles. The molecule has 0 radical (unpaired) electrons. The van der Waals surface area contributed by atoms with Gasteiger partial charge in [-0.1, -0.05) is 44.1 Å². The lowest BCUT2D eigenvalue weighted by molar-refractivity contribution is 0.530. The molecule has 1 aliphatic rings. The van der Waals surface area contributed by atoms with Crippen molar-refractivity contribution < 1.29 is 0 Å². The molecule has 1 rings (SSSR count). The lowest BCUT2D eigenvalue weighted by atomic mass is 10.1. The van der Waals surface area contributed by atoms with E-state index in [2.05, 4.69) is 31.0 Å². The average Bonchev–Trinajstić information content (AvgIpc) is 2.93. The Morgan fingerprint density at radius 2 is 2.29 bits per heavy atom. The fourth-order valence-electron chi connectivity index (χ4n) is 1.49. The Kier molecular flexibility index (Phi) is 4.95. The van der Waals surface area contributed by atoms with Crippen molar-refractivity contribution in [1.29, 1.82) is 0 Å². The first-order valence-corrected chi connectivity index (χ1v) is 5.82. The molecule has 1 nitrogen and oxygen atoms in total. The van der Waals surface area contributed by atoms with Gasteiger partial charge in [-0.15, -0.1) is 0 Å². The minimum absolute atomic E-state index is 0.569. The summed E-state index contributed by atoms with van der Waals surface area (Å²) in [4.78, 5) is 0. The van der Waals surface area contributed by atoms with Gasteiger partial charge < -0.3 is 5.32 Å². The van der Waals surface area contributed by atoms with Gasteiger partial charge in [-0.05, 0) is 26.2 Å². The topological polar surface area (TPSA) is 12.0 Å². The molecule has 0 saturated heterocycles. The van der Waals surface area contributed by atoms with Gasteiger partial charge in [0.1, 0.15) is 0 Å². The SMILES string of the molecule is C=C(C)/C=C/C(CCCC)NC1CC1. The van der Waals surface area contributed by atoms with Gasteiger partial charge in [0.05, 0.1) is 0 Å². The monoisotopic (exact) mass is 193 g/mol. The highest BCUT2D eigenvalue weighted by atomic mass is 15.0. The maximum absolute atomic E-state index is 3.89. The molecule has 0 spiro atoms. The van der Waals surface area contributed by atoms with Crippen LogP contribution in [0.2, 0.25) is 0 Å². The summed E-state index contributed by atoms with van der Waals surface area (Å²) >= 11 is 0. The first-order chi connectivity index (χ1) is 6.72. The number of unbranched alkanes of at least 4 members (excludes halogenated alkanes) is 1. The Hall–Kier alpha value is -0.560. The summed E-state index contributed by atoms with van der Waals surface area (Å²) < 4.78 is 0. The second kappa shape index (κ2) is 6.02. The first kappa shape index (κ1) is 11.5. The van der Waals surface area contributed by atoms with E-state index < -0.39 is 0 Å². The summed E-state index contributed by atoms with van der Waals surface area (Å²) in [5.41, 5.74) is 1.14. The maximum Gasteiger partial charge on any atom is 0.0255 e. The summed E-state index contributed by atoms with van der Waals surface area (Å²) in [5.74, 6) is 0. The van der Waals surface area contributed by atoms with Gasteiger partial charge >= 0.3 is 0 Å². The van der Waals surface area contributed by atoms with Gasteiger partial charge in [-0.3, -0.25) is 0 Å². The van der Waals surface area contributed by atoms with Crippen LogP contribution in [0.4, 0.5) is 0 Å². The fourth-order valence-corrected chi connectivity index (χ4v) is 1.49. The highest BCUT2D eigenvalue weighted by molar-refractivity contribution is 5.13. The summed E-state index contributed by atoms with van der Waals surface area (Å²) in [6, 6.07) is 1.37. The van der Waals surface area contributed by atoms with E-state index in [-0.39, 0.29) is 0 Å². The van der Waals surface area contributed by atoms with Crippen molar-refractivity contribution in [2.75, 3.05) is 0 Å². The number of hydrogen-bond acceptors (Lipinski definition) is 1. The molecule has 80 valence electrons. The summed E-state index contributed by atoms with van der Waals surface area (Å²) in [7, 11) is 0. The van der Waals surface area contributed by atoms with Crippen LogP contribution in [0.5, 0.6) is 0 Å². The molecule has 1 unspecified atom stereocenters. The number of allylic oxidation sites excluding steroid dienone is 2. The minimum atomic E-state index is 0.569. The molecule has 1 heteroatoms. The second-order valence-corrected chi connectivity index (χ2v) is 4.40. The highest BCUT2D eigenvalue weighted by Gasteiger charge is 2.22. The van der Waals surface area contributed by atoms with E-state index in [0.717, 1.165) is 11.6 Å². The zero-order valence-corrected chi connectivity index (χ0v) is 9.55. The van der Waals surface area contributed by atoms with Crippen molar-refractivity contribution in [2.24, 2.45) is 0 Å². The van der Waals surface area contributed by atoms with Crippen LogP contribution < -0.4 is 5.32 Å². The quantitative estimate of drug-likeness (QED) is 0.611. The molecule has 0 heterocycles. The van der Waals surface area contributed by atoms with Gasteiger partial charge in [0.2, 0.25) is 0 Å². The minimum Gasteiger partial charge on any atom is -0.308 e. The van der Waals surface area contributed by atoms with Crippen LogP contribution in [0, 0.1) is 0 Å². The van der Waals surface area contributed by atoms with E-state index in [1.807, 2.05) is 6.92 Å². The van der Waals surface area contributed by atoms with Crippen molar-refractivity contribution in [2.45, 2.75) is 58.0 Å². The Balaban J connectivity index is 2.29. The average molecular weight is 193 g/mol. The fraction of sp³-hybridized carbons (Fsp3) is 0.692. The van der Waals surface area contributed by atoms with Crippen molar-refractivity contribution in [1.82, 2.24) is 5.32 Å². The Morgan fingerprint density at radius 1 is 1.57 bits per heavy atom. The van der Waals surface area contributed by atoms with E-state index in [0.29, 0.717) is 6.04 Å². The molecular formula is C13H23N.